The number of H-pyrrole nitrogens is 1. The van der Waals surface area contributed by atoms with E-state index in [0.717, 1.165) is 25.9 Å². The number of nitrogens with two attached hydrogens (primary N) is 2. The van der Waals surface area contributed by atoms with E-state index in [1.165, 1.54) is 0 Å². The Bertz CT molecular complexity index is 954. The second-order valence-corrected chi connectivity index (χ2v) is 7.09. The first-order valence-electron chi connectivity index (χ1n) is 9.24. The molecular weight excluding hydrogens is 398 g/mol. The predicted octanol–water partition coefficient (Wildman–Crippen LogP) is -0.469. The molecule has 4 rings (SSSR count). The van der Waals surface area contributed by atoms with Gasteiger partial charge in [-0.2, -0.15) is 0 Å². The van der Waals surface area contributed by atoms with Crippen LogP contribution in [0.4, 0.5) is 0 Å². The summed E-state index contributed by atoms with van der Waals surface area (Å²) >= 11 is 0. The fourth-order valence-electron chi connectivity index (χ4n) is 3.74. The second kappa shape index (κ2) is 8.36. The quantitative estimate of drug-likeness (QED) is 0.423. The third kappa shape index (κ3) is 3.78. The van der Waals surface area contributed by atoms with Crippen molar-refractivity contribution in [2.45, 2.75) is 18.4 Å². The maximum atomic E-state index is 12.2. The van der Waals surface area contributed by atoms with E-state index < -0.39 is 17.4 Å². The highest BCUT2D eigenvalue weighted by atomic mass is 35.5. The standard InChI is InChI=1S/C18H23N7O3.ClH/c19-15(26)14-18(16(20)27,23-9-22-14)17-24-12-2-1-11(7-13(12)25-17)28-8-10-3-5-21-6-4-10;/h1-2,7,10,21,23H,3-6,8-9H2,(H2,19,26)(H2,20,27)(H,24,25);1H. The molecule has 1 saturated heterocycles. The van der Waals surface area contributed by atoms with E-state index in [9.17, 15) is 9.59 Å². The van der Waals surface area contributed by atoms with E-state index in [1.807, 2.05) is 12.1 Å². The van der Waals surface area contributed by atoms with Crippen LogP contribution in [0.5, 0.6) is 5.75 Å². The Morgan fingerprint density at radius 2 is 2.00 bits per heavy atom. The zero-order valence-electron chi connectivity index (χ0n) is 15.7. The number of hydrogen-bond acceptors (Lipinski definition) is 7. The van der Waals surface area contributed by atoms with E-state index in [1.54, 1.807) is 6.07 Å². The number of rotatable bonds is 6. The molecule has 1 aromatic carbocycles. The SMILES string of the molecule is Cl.NC(=O)C1=NCNC1(C(N)=O)c1nc2ccc(OCC3CCNCC3)cc2[nH]1. The van der Waals surface area contributed by atoms with Gasteiger partial charge in [-0.1, -0.05) is 0 Å². The Hall–Kier alpha value is -2.69. The molecule has 2 aliphatic heterocycles. The molecule has 2 aliphatic rings. The van der Waals surface area contributed by atoms with Crippen LogP contribution in [0, 0.1) is 5.92 Å². The van der Waals surface area contributed by atoms with E-state index in [-0.39, 0.29) is 30.6 Å². The van der Waals surface area contributed by atoms with Gasteiger partial charge in [0, 0.05) is 6.07 Å². The third-order valence-electron chi connectivity index (χ3n) is 5.29. The van der Waals surface area contributed by atoms with Crippen molar-refractivity contribution in [2.24, 2.45) is 22.4 Å². The van der Waals surface area contributed by atoms with Crippen LogP contribution in [0.2, 0.25) is 0 Å². The number of hydrogen-bond donors (Lipinski definition) is 5. The number of carbonyl (C=O) groups excluding carboxylic acids is 2. The topological polar surface area (TPSA) is 161 Å². The van der Waals surface area contributed by atoms with Crippen molar-refractivity contribution < 1.29 is 14.3 Å². The number of amides is 2. The number of fused-ring (bicyclic) bond motifs is 1. The highest BCUT2D eigenvalue weighted by Crippen LogP contribution is 2.28. The summed E-state index contributed by atoms with van der Waals surface area (Å²) in [4.78, 5) is 35.5. The maximum absolute atomic E-state index is 12.2. The Morgan fingerprint density at radius 3 is 2.69 bits per heavy atom. The molecule has 2 aromatic rings. The number of aromatic nitrogens is 2. The molecule has 11 heteroatoms. The van der Waals surface area contributed by atoms with Crippen molar-refractivity contribution >= 4 is 41.0 Å². The average Bonchev–Trinajstić information content (AvgIpc) is 3.31. The van der Waals surface area contributed by atoms with Gasteiger partial charge in [-0.05, 0) is 44.0 Å². The molecule has 3 heterocycles. The Balaban J connectivity index is 0.00000240. The second-order valence-electron chi connectivity index (χ2n) is 7.09. The summed E-state index contributed by atoms with van der Waals surface area (Å²) in [6.45, 7) is 2.73. The Labute approximate surface area is 173 Å². The number of ether oxygens (including phenoxy) is 1. The minimum absolute atomic E-state index is 0. The van der Waals surface area contributed by atoms with Gasteiger partial charge < -0.3 is 26.5 Å². The van der Waals surface area contributed by atoms with Crippen LogP contribution < -0.4 is 26.8 Å². The lowest BCUT2D eigenvalue weighted by Crippen LogP contribution is -2.58. The summed E-state index contributed by atoms with van der Waals surface area (Å²) in [5.41, 5.74) is 10.4. The van der Waals surface area contributed by atoms with Crippen molar-refractivity contribution in [1.29, 1.82) is 0 Å². The van der Waals surface area contributed by atoms with Crippen LogP contribution >= 0.6 is 12.4 Å². The molecule has 10 nitrogen and oxygen atoms in total. The van der Waals surface area contributed by atoms with E-state index in [4.69, 9.17) is 16.2 Å². The van der Waals surface area contributed by atoms with Gasteiger partial charge in [0.25, 0.3) is 11.8 Å². The van der Waals surface area contributed by atoms with Gasteiger partial charge >= 0.3 is 0 Å². The lowest BCUT2D eigenvalue weighted by atomic mass is 9.91. The van der Waals surface area contributed by atoms with Crippen molar-refractivity contribution in [3.63, 3.8) is 0 Å². The first kappa shape index (κ1) is 21.0. The summed E-state index contributed by atoms with van der Waals surface area (Å²) in [6.07, 6.45) is 2.19. The van der Waals surface area contributed by atoms with Gasteiger partial charge in [-0.15, -0.1) is 12.4 Å². The predicted molar refractivity (Wildman–Crippen MR) is 110 cm³/mol. The van der Waals surface area contributed by atoms with Gasteiger partial charge in [0.1, 0.15) is 17.3 Å². The summed E-state index contributed by atoms with van der Waals surface area (Å²) in [5, 5.41) is 6.19. The summed E-state index contributed by atoms with van der Waals surface area (Å²) in [5.74, 6) is -0.207. The average molecular weight is 422 g/mol. The number of piperidine rings is 1. The molecule has 1 aromatic heterocycles. The number of halogens is 1. The van der Waals surface area contributed by atoms with Crippen molar-refractivity contribution in [3.05, 3.63) is 24.0 Å². The van der Waals surface area contributed by atoms with E-state index in [0.29, 0.717) is 29.3 Å². The third-order valence-corrected chi connectivity index (χ3v) is 5.29. The number of carbonyl (C=O) groups is 2. The molecule has 0 spiro atoms. The number of primary amides is 2. The molecule has 156 valence electrons. The molecule has 0 radical (unpaired) electrons. The molecule has 2 amide bonds. The van der Waals surface area contributed by atoms with Crippen LogP contribution in [0.25, 0.3) is 11.0 Å². The molecule has 1 unspecified atom stereocenters. The molecule has 7 N–H and O–H groups in total. The van der Waals surface area contributed by atoms with Crippen molar-refractivity contribution in [1.82, 2.24) is 20.6 Å². The zero-order chi connectivity index (χ0) is 19.7. The molecule has 29 heavy (non-hydrogen) atoms. The van der Waals surface area contributed by atoms with Gasteiger partial charge in [0.15, 0.2) is 0 Å². The number of nitrogens with zero attached hydrogens (tertiary/aromatic N) is 2. The van der Waals surface area contributed by atoms with Crippen LogP contribution in [0.15, 0.2) is 23.2 Å². The fourth-order valence-corrected chi connectivity index (χ4v) is 3.74. The van der Waals surface area contributed by atoms with E-state index >= 15 is 0 Å². The molecule has 0 bridgehead atoms. The smallest absolute Gasteiger partial charge is 0.265 e. The minimum atomic E-state index is -1.67. The van der Waals surface area contributed by atoms with Gasteiger partial charge in [0.2, 0.25) is 5.54 Å². The summed E-state index contributed by atoms with van der Waals surface area (Å²) in [7, 11) is 0. The lowest BCUT2D eigenvalue weighted by molar-refractivity contribution is -0.123. The Kier molecular flexibility index (Phi) is 6.06. The number of nitrogens with one attached hydrogen (secondary N) is 3. The number of aromatic amines is 1. The van der Waals surface area contributed by atoms with Crippen LogP contribution in [0.3, 0.4) is 0 Å². The summed E-state index contributed by atoms with van der Waals surface area (Å²) in [6, 6.07) is 5.44. The van der Waals surface area contributed by atoms with Crippen LogP contribution in [-0.2, 0) is 15.1 Å². The van der Waals surface area contributed by atoms with Crippen molar-refractivity contribution in [3.8, 4) is 5.75 Å². The molecule has 0 aliphatic carbocycles. The summed E-state index contributed by atoms with van der Waals surface area (Å²) < 4.78 is 5.94. The van der Waals surface area contributed by atoms with Gasteiger partial charge in [0.05, 0.1) is 24.3 Å². The highest BCUT2D eigenvalue weighted by Gasteiger charge is 2.51. The zero-order valence-corrected chi connectivity index (χ0v) is 16.6. The van der Waals surface area contributed by atoms with Crippen molar-refractivity contribution in [2.75, 3.05) is 26.4 Å². The van der Waals surface area contributed by atoms with Gasteiger partial charge in [-0.25, -0.2) is 4.98 Å². The Morgan fingerprint density at radius 1 is 1.24 bits per heavy atom. The highest BCUT2D eigenvalue weighted by molar-refractivity contribution is 6.46. The van der Waals surface area contributed by atoms with E-state index in [2.05, 4.69) is 25.6 Å². The monoisotopic (exact) mass is 421 g/mol. The largest absolute Gasteiger partial charge is 0.493 e. The van der Waals surface area contributed by atoms with Crippen LogP contribution in [-0.4, -0.2) is 53.9 Å². The molecule has 0 saturated carbocycles. The fraction of sp³-hybridized carbons (Fsp3) is 0.444. The van der Waals surface area contributed by atoms with Gasteiger partial charge in [-0.3, -0.25) is 19.9 Å². The lowest BCUT2D eigenvalue weighted by Gasteiger charge is -2.23. The number of benzene rings is 1. The number of aliphatic imine (C=N–C) groups is 1. The molecule has 1 atom stereocenters. The normalized spacial score (nSPS) is 22.1. The van der Waals surface area contributed by atoms with Crippen LogP contribution in [0.1, 0.15) is 18.7 Å². The number of imidazole rings is 1. The minimum Gasteiger partial charge on any atom is -0.493 e. The first-order valence-corrected chi connectivity index (χ1v) is 9.24. The first-order chi connectivity index (χ1) is 13.5. The molecule has 1 fully saturated rings. The molecular formula is C18H24ClN7O3. The maximum Gasteiger partial charge on any atom is 0.265 e.